The van der Waals surface area contributed by atoms with E-state index in [0.717, 1.165) is 52.9 Å². The summed E-state index contributed by atoms with van der Waals surface area (Å²) in [5, 5.41) is 4.17. The van der Waals surface area contributed by atoms with Gasteiger partial charge in [0.05, 0.1) is 0 Å². The van der Waals surface area contributed by atoms with E-state index < -0.39 is 0 Å². The van der Waals surface area contributed by atoms with Crippen LogP contribution in [-0.4, -0.2) is 41.1 Å². The molecule has 112 valence electrons. The number of hydrogen-bond donors (Lipinski definition) is 1. The Labute approximate surface area is 130 Å². The number of hydrogen-bond acceptors (Lipinski definition) is 6. The van der Waals surface area contributed by atoms with E-state index in [4.69, 9.17) is 4.98 Å². The van der Waals surface area contributed by atoms with Crippen LogP contribution < -0.4 is 10.2 Å². The molecule has 4 rings (SSSR count). The molecular weight excluding hydrogens is 301 g/mol. The van der Waals surface area contributed by atoms with Gasteiger partial charge in [0.25, 0.3) is 0 Å². The van der Waals surface area contributed by atoms with Crippen LogP contribution in [0, 0.1) is 5.82 Å². The first kappa shape index (κ1) is 13.5. The van der Waals surface area contributed by atoms with Crippen molar-refractivity contribution in [1.29, 1.82) is 0 Å². The Morgan fingerprint density at radius 3 is 2.64 bits per heavy atom. The first-order valence-electron chi connectivity index (χ1n) is 7.14. The second kappa shape index (κ2) is 5.58. The molecule has 1 fully saturated rings. The molecule has 2 aromatic heterocycles. The number of benzene rings is 1. The van der Waals surface area contributed by atoms with Gasteiger partial charge in [0.2, 0.25) is 0 Å². The van der Waals surface area contributed by atoms with Crippen molar-refractivity contribution < 1.29 is 4.39 Å². The quantitative estimate of drug-likeness (QED) is 0.786. The summed E-state index contributed by atoms with van der Waals surface area (Å²) >= 11 is 1.51. The first-order valence-corrected chi connectivity index (χ1v) is 7.96. The van der Waals surface area contributed by atoms with Crippen molar-refractivity contribution in [3.05, 3.63) is 36.4 Å². The Hall–Kier alpha value is -2.12. The summed E-state index contributed by atoms with van der Waals surface area (Å²) in [5.74, 6) is 0.641. The van der Waals surface area contributed by atoms with Gasteiger partial charge in [-0.25, -0.2) is 19.3 Å². The molecule has 0 amide bonds. The maximum atomic E-state index is 13.1. The van der Waals surface area contributed by atoms with E-state index in [2.05, 4.69) is 20.2 Å². The summed E-state index contributed by atoms with van der Waals surface area (Å²) in [7, 11) is 0. The van der Waals surface area contributed by atoms with E-state index in [1.807, 2.05) is 0 Å². The number of piperazine rings is 1. The van der Waals surface area contributed by atoms with E-state index in [1.54, 1.807) is 18.5 Å². The van der Waals surface area contributed by atoms with Crippen LogP contribution in [0.15, 0.2) is 30.6 Å². The largest absolute Gasteiger partial charge is 0.352 e. The van der Waals surface area contributed by atoms with Gasteiger partial charge < -0.3 is 10.2 Å². The van der Waals surface area contributed by atoms with Crippen molar-refractivity contribution in [1.82, 2.24) is 20.3 Å². The Bertz CT molecular complexity index is 795. The Morgan fingerprint density at radius 2 is 1.86 bits per heavy atom. The summed E-state index contributed by atoms with van der Waals surface area (Å²) in [5.41, 5.74) is 1.73. The third-order valence-corrected chi connectivity index (χ3v) is 4.70. The fourth-order valence-electron chi connectivity index (χ4n) is 2.57. The molecule has 1 aromatic carbocycles. The van der Waals surface area contributed by atoms with Crippen LogP contribution in [0.3, 0.4) is 0 Å². The molecule has 0 aliphatic carbocycles. The van der Waals surface area contributed by atoms with Crippen LogP contribution in [0.25, 0.3) is 20.9 Å². The Morgan fingerprint density at radius 1 is 1.09 bits per heavy atom. The van der Waals surface area contributed by atoms with Crippen LogP contribution in [0.4, 0.5) is 10.2 Å². The zero-order valence-electron chi connectivity index (χ0n) is 11.8. The molecule has 0 radical (unpaired) electrons. The highest BCUT2D eigenvalue weighted by molar-refractivity contribution is 7.21. The highest BCUT2D eigenvalue weighted by Crippen LogP contribution is 2.32. The monoisotopic (exact) mass is 315 g/mol. The molecule has 1 aliphatic heterocycles. The first-order chi connectivity index (χ1) is 10.8. The molecule has 0 bridgehead atoms. The number of nitrogens with zero attached hydrogens (tertiary/aromatic N) is 4. The second-order valence-corrected chi connectivity index (χ2v) is 6.09. The normalized spacial score (nSPS) is 15.4. The van der Waals surface area contributed by atoms with Crippen LogP contribution in [0.1, 0.15) is 0 Å². The summed E-state index contributed by atoms with van der Waals surface area (Å²) in [6.45, 7) is 3.71. The molecule has 5 nitrogen and oxygen atoms in total. The van der Waals surface area contributed by atoms with E-state index >= 15 is 0 Å². The lowest BCUT2D eigenvalue weighted by atomic mass is 10.2. The number of nitrogens with one attached hydrogen (secondary N) is 1. The number of halogens is 1. The molecule has 0 spiro atoms. The molecule has 0 atom stereocenters. The molecule has 1 saturated heterocycles. The molecule has 1 N–H and O–H groups in total. The van der Waals surface area contributed by atoms with Crippen molar-refractivity contribution in [2.75, 3.05) is 31.1 Å². The Kier molecular flexibility index (Phi) is 3.44. The van der Waals surface area contributed by atoms with Crippen molar-refractivity contribution >= 4 is 27.5 Å². The van der Waals surface area contributed by atoms with Gasteiger partial charge in [-0.15, -0.1) is 0 Å². The van der Waals surface area contributed by atoms with Gasteiger partial charge in [-0.3, -0.25) is 0 Å². The SMILES string of the molecule is Fc1ccc(-c2nc3c(N4CCNCC4)ncnc3s2)cc1. The van der Waals surface area contributed by atoms with Gasteiger partial charge in [0.1, 0.15) is 27.5 Å². The van der Waals surface area contributed by atoms with E-state index in [9.17, 15) is 4.39 Å². The van der Waals surface area contributed by atoms with Gasteiger partial charge in [-0.05, 0) is 24.3 Å². The van der Waals surface area contributed by atoms with Gasteiger partial charge in [0.15, 0.2) is 5.82 Å². The number of fused-ring (bicyclic) bond motifs is 1. The minimum Gasteiger partial charge on any atom is -0.352 e. The van der Waals surface area contributed by atoms with Crippen LogP contribution in [0.5, 0.6) is 0 Å². The van der Waals surface area contributed by atoms with Crippen molar-refractivity contribution in [3.63, 3.8) is 0 Å². The molecular formula is C15H14FN5S. The highest BCUT2D eigenvalue weighted by atomic mass is 32.1. The summed E-state index contributed by atoms with van der Waals surface area (Å²) in [6, 6.07) is 6.38. The lowest BCUT2D eigenvalue weighted by Gasteiger charge is -2.28. The average Bonchev–Trinajstić information content (AvgIpc) is 3.00. The lowest BCUT2D eigenvalue weighted by molar-refractivity contribution is 0.586. The maximum Gasteiger partial charge on any atom is 0.159 e. The van der Waals surface area contributed by atoms with Crippen molar-refractivity contribution in [3.8, 4) is 10.6 Å². The highest BCUT2D eigenvalue weighted by Gasteiger charge is 2.18. The third kappa shape index (κ3) is 2.42. The smallest absolute Gasteiger partial charge is 0.159 e. The van der Waals surface area contributed by atoms with Gasteiger partial charge in [-0.1, -0.05) is 11.3 Å². The van der Waals surface area contributed by atoms with E-state index in [0.29, 0.717) is 0 Å². The lowest BCUT2D eigenvalue weighted by Crippen LogP contribution is -2.44. The van der Waals surface area contributed by atoms with Gasteiger partial charge in [-0.2, -0.15) is 0 Å². The van der Waals surface area contributed by atoms with Crippen LogP contribution in [-0.2, 0) is 0 Å². The van der Waals surface area contributed by atoms with Crippen LogP contribution >= 0.6 is 11.3 Å². The van der Waals surface area contributed by atoms with E-state index in [1.165, 1.54) is 23.5 Å². The van der Waals surface area contributed by atoms with Crippen molar-refractivity contribution in [2.24, 2.45) is 0 Å². The molecule has 0 saturated carbocycles. The summed E-state index contributed by atoms with van der Waals surface area (Å²) in [6.07, 6.45) is 1.59. The molecule has 1 aliphatic rings. The topological polar surface area (TPSA) is 53.9 Å². The third-order valence-electron chi connectivity index (χ3n) is 3.68. The predicted octanol–water partition coefficient (Wildman–Crippen LogP) is 2.30. The zero-order valence-corrected chi connectivity index (χ0v) is 12.6. The zero-order chi connectivity index (χ0) is 14.9. The minimum absolute atomic E-state index is 0.244. The van der Waals surface area contributed by atoms with Crippen LogP contribution in [0.2, 0.25) is 0 Å². The number of thiazole rings is 1. The summed E-state index contributed by atoms with van der Waals surface area (Å²) < 4.78 is 13.1. The maximum absolute atomic E-state index is 13.1. The molecule has 7 heteroatoms. The standard InChI is InChI=1S/C15H14FN5S/c16-11-3-1-10(2-4-11)14-20-12-13(18-9-19-15(12)22-14)21-7-5-17-6-8-21/h1-4,9,17H,5-8H2. The van der Waals surface area contributed by atoms with Crippen molar-refractivity contribution in [2.45, 2.75) is 0 Å². The molecule has 3 heterocycles. The molecule has 0 unspecified atom stereocenters. The number of aromatic nitrogens is 3. The molecule has 22 heavy (non-hydrogen) atoms. The number of rotatable bonds is 2. The average molecular weight is 315 g/mol. The van der Waals surface area contributed by atoms with Gasteiger partial charge in [0, 0.05) is 31.7 Å². The molecule has 3 aromatic rings. The fraction of sp³-hybridized carbons (Fsp3) is 0.267. The van der Waals surface area contributed by atoms with E-state index in [-0.39, 0.29) is 5.82 Å². The Balaban J connectivity index is 1.78. The minimum atomic E-state index is -0.244. The van der Waals surface area contributed by atoms with Gasteiger partial charge >= 0.3 is 0 Å². The fourth-order valence-corrected chi connectivity index (χ4v) is 3.47. The summed E-state index contributed by atoms with van der Waals surface area (Å²) in [4.78, 5) is 16.5. The second-order valence-electron chi connectivity index (χ2n) is 5.11. The number of anilines is 1. The predicted molar refractivity (Wildman–Crippen MR) is 85.7 cm³/mol.